The van der Waals surface area contributed by atoms with Gasteiger partial charge in [-0.25, -0.2) is 0 Å². The topological polar surface area (TPSA) is 78.9 Å². The molecule has 0 rings (SSSR count). The van der Waals surface area contributed by atoms with Crippen molar-refractivity contribution < 1.29 is 25.7 Å². The average molecular weight is 679 g/mol. The summed E-state index contributed by atoms with van der Waals surface area (Å²) in [5.41, 5.74) is 0.179. The average Bonchev–Trinajstić information content (AvgIpc) is 3.00. The Kier molecular flexibility index (Phi) is 32.3. The first-order chi connectivity index (χ1) is 22.6. The van der Waals surface area contributed by atoms with Crippen molar-refractivity contribution in [3.63, 3.8) is 0 Å². The van der Waals surface area contributed by atoms with E-state index in [9.17, 15) is 14.4 Å². The Hall–Kier alpha value is -1.32. The first kappa shape index (κ1) is 45.7. The Morgan fingerprint density at radius 2 is 0.702 bits per heavy atom. The molecule has 0 aromatic heterocycles. The Morgan fingerprint density at radius 3 is 0.957 bits per heavy atom. The van der Waals surface area contributed by atoms with Crippen molar-refractivity contribution in [2.24, 2.45) is 11.8 Å². The summed E-state index contributed by atoms with van der Waals surface area (Å²) >= 11 is -3.26. The fourth-order valence-corrected chi connectivity index (χ4v) is 6.96. The minimum Gasteiger partial charge on any atom is -0.551 e. The van der Waals surface area contributed by atoms with Gasteiger partial charge >= 0.3 is 21.1 Å². The van der Waals surface area contributed by atoms with Crippen LogP contribution in [0.2, 0.25) is 0 Å². The van der Waals surface area contributed by atoms with Crippen LogP contribution in [-0.2, 0) is 25.7 Å². The number of carbonyl (C=O) groups is 3. The van der Waals surface area contributed by atoms with E-state index >= 15 is 0 Å². The lowest BCUT2D eigenvalue weighted by atomic mass is 10.0. The fourth-order valence-electron chi connectivity index (χ4n) is 5.77. The van der Waals surface area contributed by atoms with Crippen LogP contribution in [0, 0.1) is 11.8 Å². The van der Waals surface area contributed by atoms with E-state index in [1.807, 2.05) is 0 Å². The molecule has 0 aliphatic rings. The molecule has 7 heteroatoms. The van der Waals surface area contributed by atoms with Crippen molar-refractivity contribution in [2.75, 3.05) is 0 Å². The summed E-state index contributed by atoms with van der Waals surface area (Å²) in [4.78, 5) is 36.9. The highest BCUT2D eigenvalue weighted by Gasteiger charge is 2.48. The SMILES string of the molecule is C=C(C)C(=O)[O][Al]([O]C(=O)CCCCCCCCCCCCCCC(C)C)[O]C(=O)CCCCCCCCCCCCCCC(C)C. The van der Waals surface area contributed by atoms with E-state index in [1.54, 1.807) is 0 Å². The number of unbranched alkanes of at least 4 members (excludes halogenated alkanes) is 22. The van der Waals surface area contributed by atoms with Crippen molar-refractivity contribution >= 4 is 33.1 Å². The van der Waals surface area contributed by atoms with Crippen LogP contribution in [0.5, 0.6) is 0 Å². The monoisotopic (exact) mass is 679 g/mol. The molecule has 0 bridgehead atoms. The third-order valence-corrected chi connectivity index (χ3v) is 10.1. The van der Waals surface area contributed by atoms with Crippen LogP contribution >= 0.6 is 0 Å². The highest BCUT2D eigenvalue weighted by molar-refractivity contribution is 6.44. The van der Waals surface area contributed by atoms with Gasteiger partial charge in [0.2, 0.25) is 0 Å². The summed E-state index contributed by atoms with van der Waals surface area (Å²) in [5, 5.41) is 0. The lowest BCUT2D eigenvalue weighted by Crippen LogP contribution is -2.35. The molecule has 0 aliphatic carbocycles. The lowest BCUT2D eigenvalue weighted by molar-refractivity contribution is -0.146. The molecule has 0 heterocycles. The van der Waals surface area contributed by atoms with E-state index in [0.717, 1.165) is 50.4 Å². The molecule has 0 unspecified atom stereocenters. The third-order valence-electron chi connectivity index (χ3n) is 8.83. The van der Waals surface area contributed by atoms with Crippen LogP contribution in [0.15, 0.2) is 12.2 Å². The van der Waals surface area contributed by atoms with Gasteiger partial charge in [-0.15, -0.1) is 0 Å². The molecular weight excluding hydrogens is 603 g/mol. The van der Waals surface area contributed by atoms with Gasteiger partial charge in [-0.3, -0.25) is 14.4 Å². The summed E-state index contributed by atoms with van der Waals surface area (Å²) in [5.74, 6) is 0.0217. The molecule has 47 heavy (non-hydrogen) atoms. The van der Waals surface area contributed by atoms with Crippen LogP contribution in [-0.4, -0.2) is 33.1 Å². The largest absolute Gasteiger partial charge is 1.20 e. The van der Waals surface area contributed by atoms with Gasteiger partial charge < -0.3 is 11.4 Å². The van der Waals surface area contributed by atoms with Gasteiger partial charge in [-0.2, -0.15) is 0 Å². The number of hydrogen-bond donors (Lipinski definition) is 0. The predicted octanol–water partition coefficient (Wildman–Crippen LogP) is 12.4. The first-order valence-electron chi connectivity index (χ1n) is 19.9. The van der Waals surface area contributed by atoms with Crippen molar-refractivity contribution in [3.05, 3.63) is 12.2 Å². The van der Waals surface area contributed by atoms with Gasteiger partial charge in [-0.05, 0) is 31.6 Å². The van der Waals surface area contributed by atoms with Crippen molar-refractivity contribution in [1.82, 2.24) is 0 Å². The van der Waals surface area contributed by atoms with E-state index < -0.39 is 33.1 Å². The summed E-state index contributed by atoms with van der Waals surface area (Å²) in [6.45, 7) is 14.3. The number of hydrogen-bond acceptors (Lipinski definition) is 6. The minimum absolute atomic E-state index is 0.179. The second-order valence-electron chi connectivity index (χ2n) is 14.8. The summed E-state index contributed by atoms with van der Waals surface area (Å²) < 4.78 is 15.9. The molecule has 0 aromatic rings. The zero-order valence-corrected chi connectivity index (χ0v) is 32.8. The lowest BCUT2D eigenvalue weighted by Gasteiger charge is -2.13. The molecule has 0 spiro atoms. The molecular formula is C40H75AlO6. The molecule has 0 saturated heterocycles. The minimum atomic E-state index is -3.26. The highest BCUT2D eigenvalue weighted by atomic mass is 27.3. The summed E-state index contributed by atoms with van der Waals surface area (Å²) in [6, 6.07) is 0. The van der Waals surface area contributed by atoms with Gasteiger partial charge in [0.05, 0.1) is 0 Å². The predicted molar refractivity (Wildman–Crippen MR) is 198 cm³/mol. The normalized spacial score (nSPS) is 11.2. The maximum absolute atomic E-state index is 12.4. The first-order valence-corrected chi connectivity index (χ1v) is 21.3. The Labute approximate surface area is 296 Å². The highest BCUT2D eigenvalue weighted by Crippen LogP contribution is 2.16. The van der Waals surface area contributed by atoms with Crippen molar-refractivity contribution in [3.8, 4) is 0 Å². The number of rotatable bonds is 34. The quantitative estimate of drug-likeness (QED) is 0.0383. The van der Waals surface area contributed by atoms with Gasteiger partial charge in [0, 0.05) is 18.4 Å². The number of carbonyl (C=O) groups excluding carboxylic acids is 3. The van der Waals surface area contributed by atoms with Crippen molar-refractivity contribution in [1.29, 1.82) is 0 Å². The molecule has 0 amide bonds. The smallest absolute Gasteiger partial charge is 0.551 e. The van der Waals surface area contributed by atoms with E-state index in [-0.39, 0.29) is 18.4 Å². The fraction of sp³-hybridized carbons (Fsp3) is 0.875. The van der Waals surface area contributed by atoms with Gasteiger partial charge in [0.1, 0.15) is 0 Å². The Bertz CT molecular complexity index is 731. The molecule has 0 radical (unpaired) electrons. The molecule has 0 aliphatic heterocycles. The summed E-state index contributed by atoms with van der Waals surface area (Å²) in [6.07, 6.45) is 32.5. The second kappa shape index (κ2) is 33.2. The van der Waals surface area contributed by atoms with Crippen LogP contribution in [0.25, 0.3) is 0 Å². The molecule has 0 N–H and O–H groups in total. The molecule has 274 valence electrons. The molecule has 6 nitrogen and oxygen atoms in total. The zero-order valence-electron chi connectivity index (χ0n) is 31.7. The molecule has 0 saturated carbocycles. The van der Waals surface area contributed by atoms with Crippen LogP contribution in [0.3, 0.4) is 0 Å². The van der Waals surface area contributed by atoms with E-state index in [0.29, 0.717) is 0 Å². The second-order valence-corrected chi connectivity index (χ2v) is 16.1. The third kappa shape index (κ3) is 34.3. The van der Waals surface area contributed by atoms with Gasteiger partial charge in [-0.1, -0.05) is 188 Å². The summed E-state index contributed by atoms with van der Waals surface area (Å²) in [7, 11) is 0. The van der Waals surface area contributed by atoms with E-state index in [4.69, 9.17) is 11.4 Å². The molecule has 0 aromatic carbocycles. The standard InChI is InChI=1S/2C18H36O2.C4H6O2.Al/c2*1-17(2)15-13-11-9-7-5-3-4-6-8-10-12-14-16-18(19)20;1-3(2)4(5)6;/h2*17H,3-16H2,1-2H3,(H,19,20);1H2,2H3,(H,5,6);/q;;;+3/p-3. The van der Waals surface area contributed by atoms with Crippen LogP contribution in [0.4, 0.5) is 0 Å². The zero-order chi connectivity index (χ0) is 35.0. The van der Waals surface area contributed by atoms with E-state index in [2.05, 4.69) is 34.3 Å². The maximum atomic E-state index is 12.4. The Balaban J connectivity index is 3.94. The van der Waals surface area contributed by atoms with Crippen LogP contribution in [0.1, 0.15) is 214 Å². The Morgan fingerprint density at radius 1 is 0.447 bits per heavy atom. The molecule has 0 fully saturated rings. The van der Waals surface area contributed by atoms with Crippen LogP contribution < -0.4 is 0 Å². The van der Waals surface area contributed by atoms with Gasteiger partial charge in [0.25, 0.3) is 11.9 Å². The van der Waals surface area contributed by atoms with E-state index in [1.165, 1.54) is 135 Å². The maximum Gasteiger partial charge on any atom is 1.20 e. The molecule has 0 atom stereocenters. The van der Waals surface area contributed by atoms with Crippen molar-refractivity contribution in [2.45, 2.75) is 214 Å². The van der Waals surface area contributed by atoms with Gasteiger partial charge in [0.15, 0.2) is 0 Å².